The second-order valence-electron chi connectivity index (χ2n) is 6.06. The zero-order valence-electron chi connectivity index (χ0n) is 14.9. The predicted molar refractivity (Wildman–Crippen MR) is 91.6 cm³/mol. The van der Waals surface area contributed by atoms with Crippen LogP contribution < -0.4 is 19.8 Å². The molecule has 1 saturated heterocycles. The maximum Gasteiger partial charge on any atom is 0.336 e. The van der Waals surface area contributed by atoms with E-state index in [2.05, 4.69) is 0 Å². The second kappa shape index (κ2) is 7.81. The van der Waals surface area contributed by atoms with Gasteiger partial charge in [-0.05, 0) is 6.07 Å². The number of phenols is 1. The van der Waals surface area contributed by atoms with Gasteiger partial charge in [-0.3, -0.25) is 0 Å². The molecule has 1 aromatic heterocycles. The molecule has 2 aromatic rings. The molecule has 0 amide bonds. The summed E-state index contributed by atoms with van der Waals surface area (Å²) in [6.45, 7) is -0.647. The molecule has 1 aromatic carbocycles. The largest absolute Gasteiger partial charge is 0.501 e. The van der Waals surface area contributed by atoms with E-state index in [-0.39, 0.29) is 28.2 Å². The number of phenolic OH excluding ortho intramolecular Hbond substituents is 1. The Morgan fingerprint density at radius 2 is 1.68 bits per heavy atom. The lowest BCUT2D eigenvalue weighted by atomic mass is 9.99. The molecule has 28 heavy (non-hydrogen) atoms. The molecule has 1 aliphatic rings. The van der Waals surface area contributed by atoms with E-state index in [0.717, 1.165) is 6.07 Å². The molecule has 5 N–H and O–H groups in total. The van der Waals surface area contributed by atoms with Crippen LogP contribution >= 0.6 is 0 Å². The van der Waals surface area contributed by atoms with E-state index in [0.29, 0.717) is 0 Å². The molecule has 0 radical (unpaired) electrons. The zero-order valence-corrected chi connectivity index (χ0v) is 14.9. The summed E-state index contributed by atoms with van der Waals surface area (Å²) in [4.78, 5) is 11.6. The van der Waals surface area contributed by atoms with Crippen molar-refractivity contribution >= 4 is 11.0 Å². The van der Waals surface area contributed by atoms with Crippen molar-refractivity contribution in [2.24, 2.45) is 0 Å². The number of hydrogen-bond acceptors (Lipinski definition) is 11. The zero-order chi connectivity index (χ0) is 20.6. The third kappa shape index (κ3) is 3.23. The Morgan fingerprint density at radius 3 is 2.29 bits per heavy atom. The van der Waals surface area contributed by atoms with Gasteiger partial charge >= 0.3 is 5.63 Å². The van der Waals surface area contributed by atoms with Crippen LogP contribution in [0, 0.1) is 0 Å². The highest BCUT2D eigenvalue weighted by molar-refractivity contribution is 5.94. The first kappa shape index (κ1) is 20.2. The predicted octanol–water partition coefficient (Wildman–Crippen LogP) is -1.31. The highest BCUT2D eigenvalue weighted by atomic mass is 16.7. The summed E-state index contributed by atoms with van der Waals surface area (Å²) < 4.78 is 26.3. The molecule has 0 spiro atoms. The minimum Gasteiger partial charge on any atom is -0.501 e. The van der Waals surface area contributed by atoms with Crippen LogP contribution in [0.5, 0.6) is 23.0 Å². The Kier molecular flexibility index (Phi) is 5.63. The number of benzene rings is 1. The third-order valence-electron chi connectivity index (χ3n) is 4.41. The summed E-state index contributed by atoms with van der Waals surface area (Å²) in [6, 6.07) is 2.42. The highest BCUT2D eigenvalue weighted by Gasteiger charge is 2.45. The molecule has 5 atom stereocenters. The molecule has 3 rings (SSSR count). The standard InChI is InChI=1S/C17H20O11/c1-24-15-12(23)16(25-2)14(6-3-4-8(19)27-13(6)15)28-17-11(22)10(21)9(20)7(5-18)26-17/h3-4,7,9-11,17-18,20-23H,5H2,1-2H3. The quantitative estimate of drug-likeness (QED) is 0.378. The Bertz CT molecular complexity index is 906. The molecule has 1 fully saturated rings. The van der Waals surface area contributed by atoms with Crippen LogP contribution in [-0.4, -0.2) is 77.1 Å². The second-order valence-corrected chi connectivity index (χ2v) is 6.06. The van der Waals surface area contributed by atoms with Gasteiger partial charge in [0.15, 0.2) is 11.3 Å². The van der Waals surface area contributed by atoms with Crippen LogP contribution in [0.1, 0.15) is 0 Å². The Morgan fingerprint density at radius 1 is 1.00 bits per heavy atom. The van der Waals surface area contributed by atoms with E-state index in [9.17, 15) is 30.3 Å². The van der Waals surface area contributed by atoms with Crippen molar-refractivity contribution in [3.05, 3.63) is 22.6 Å². The van der Waals surface area contributed by atoms with E-state index in [4.69, 9.17) is 23.4 Å². The molecule has 11 heteroatoms. The number of fused-ring (bicyclic) bond motifs is 1. The summed E-state index contributed by atoms with van der Waals surface area (Å²) in [5, 5.41) is 49.9. The van der Waals surface area contributed by atoms with Crippen LogP contribution in [-0.2, 0) is 4.74 Å². The van der Waals surface area contributed by atoms with Gasteiger partial charge in [-0.1, -0.05) is 0 Å². The number of ether oxygens (including phenoxy) is 4. The molecule has 0 aliphatic carbocycles. The van der Waals surface area contributed by atoms with Crippen LogP contribution in [0.15, 0.2) is 21.3 Å². The lowest BCUT2D eigenvalue weighted by Gasteiger charge is -2.39. The molecule has 0 saturated carbocycles. The first-order chi connectivity index (χ1) is 13.3. The van der Waals surface area contributed by atoms with Crippen molar-refractivity contribution in [3.8, 4) is 23.0 Å². The van der Waals surface area contributed by atoms with E-state index in [1.165, 1.54) is 20.3 Å². The number of aliphatic hydroxyl groups is 4. The van der Waals surface area contributed by atoms with Crippen molar-refractivity contribution in [1.29, 1.82) is 0 Å². The molecular weight excluding hydrogens is 380 g/mol. The number of hydrogen-bond donors (Lipinski definition) is 5. The van der Waals surface area contributed by atoms with Gasteiger partial charge in [0.25, 0.3) is 0 Å². The Hall–Kier alpha value is -2.57. The van der Waals surface area contributed by atoms with Crippen LogP contribution in [0.3, 0.4) is 0 Å². The van der Waals surface area contributed by atoms with Gasteiger partial charge in [0.05, 0.1) is 26.2 Å². The van der Waals surface area contributed by atoms with Crippen LogP contribution in [0.2, 0.25) is 0 Å². The van der Waals surface area contributed by atoms with Gasteiger partial charge in [0.1, 0.15) is 24.4 Å². The molecule has 11 nitrogen and oxygen atoms in total. The van der Waals surface area contributed by atoms with Gasteiger partial charge < -0.3 is 48.9 Å². The summed E-state index contributed by atoms with van der Waals surface area (Å²) in [7, 11) is 2.48. The maximum absolute atomic E-state index is 11.6. The lowest BCUT2D eigenvalue weighted by Crippen LogP contribution is -2.60. The summed E-state index contributed by atoms with van der Waals surface area (Å²) >= 11 is 0. The van der Waals surface area contributed by atoms with Crippen molar-refractivity contribution in [2.75, 3.05) is 20.8 Å². The van der Waals surface area contributed by atoms with E-state index >= 15 is 0 Å². The smallest absolute Gasteiger partial charge is 0.336 e. The maximum atomic E-state index is 11.6. The highest BCUT2D eigenvalue weighted by Crippen LogP contribution is 2.50. The van der Waals surface area contributed by atoms with E-state index in [1.54, 1.807) is 0 Å². The van der Waals surface area contributed by atoms with Gasteiger partial charge in [0.2, 0.25) is 23.5 Å². The molecular formula is C17H20O11. The first-order valence-corrected chi connectivity index (χ1v) is 8.22. The number of aromatic hydroxyl groups is 1. The normalized spacial score (nSPS) is 27.6. The molecule has 5 unspecified atom stereocenters. The minimum absolute atomic E-state index is 0.142. The fraction of sp³-hybridized carbons (Fsp3) is 0.471. The summed E-state index contributed by atoms with van der Waals surface area (Å²) in [5.41, 5.74) is -0.859. The molecule has 154 valence electrons. The first-order valence-electron chi connectivity index (χ1n) is 8.22. The summed E-state index contributed by atoms with van der Waals surface area (Å²) in [5.74, 6) is -1.10. The average molecular weight is 400 g/mol. The van der Waals surface area contributed by atoms with Gasteiger partial charge in [-0.15, -0.1) is 0 Å². The van der Waals surface area contributed by atoms with Crippen LogP contribution in [0.4, 0.5) is 0 Å². The molecule has 2 heterocycles. The van der Waals surface area contributed by atoms with Crippen molar-refractivity contribution in [1.82, 2.24) is 0 Å². The van der Waals surface area contributed by atoms with Gasteiger partial charge in [-0.25, -0.2) is 4.79 Å². The van der Waals surface area contributed by atoms with Crippen molar-refractivity contribution in [2.45, 2.75) is 30.7 Å². The van der Waals surface area contributed by atoms with E-state index in [1.807, 2.05) is 0 Å². The van der Waals surface area contributed by atoms with Crippen molar-refractivity contribution in [3.63, 3.8) is 0 Å². The summed E-state index contributed by atoms with van der Waals surface area (Å²) in [6.07, 6.45) is -7.69. The molecule has 0 bridgehead atoms. The van der Waals surface area contributed by atoms with Gasteiger partial charge in [0, 0.05) is 6.07 Å². The monoisotopic (exact) mass is 400 g/mol. The Balaban J connectivity index is 2.13. The number of methoxy groups -OCH3 is 2. The van der Waals surface area contributed by atoms with Gasteiger partial charge in [-0.2, -0.15) is 0 Å². The fourth-order valence-corrected chi connectivity index (χ4v) is 2.98. The van der Waals surface area contributed by atoms with Crippen LogP contribution in [0.25, 0.3) is 11.0 Å². The lowest BCUT2D eigenvalue weighted by molar-refractivity contribution is -0.277. The number of rotatable bonds is 5. The van der Waals surface area contributed by atoms with E-state index < -0.39 is 48.7 Å². The fourth-order valence-electron chi connectivity index (χ4n) is 2.98. The SMILES string of the molecule is COc1c(O)c(OC)c2oc(=O)ccc2c1OC1OC(CO)C(O)C(O)C1O. The third-order valence-corrected chi connectivity index (χ3v) is 4.41. The minimum atomic E-state index is -1.70. The number of aliphatic hydroxyl groups excluding tert-OH is 4. The Labute approximate surface area is 157 Å². The van der Waals surface area contributed by atoms with Crippen molar-refractivity contribution < 1.29 is 48.9 Å². The molecule has 1 aliphatic heterocycles. The average Bonchev–Trinajstić information content (AvgIpc) is 2.68. The topological polar surface area (TPSA) is 168 Å².